The van der Waals surface area contributed by atoms with Crippen LogP contribution < -0.4 is 4.90 Å². The average Bonchev–Trinajstić information content (AvgIpc) is 3.11. The lowest BCUT2D eigenvalue weighted by atomic mass is 9.78. The first-order valence-corrected chi connectivity index (χ1v) is 12.4. The summed E-state index contributed by atoms with van der Waals surface area (Å²) in [5, 5.41) is 10.3. The van der Waals surface area contributed by atoms with E-state index < -0.39 is 34.6 Å². The third kappa shape index (κ3) is 3.26. The number of esters is 1. The third-order valence-electron chi connectivity index (χ3n) is 7.07. The number of benzene rings is 1. The number of amides is 2. The van der Waals surface area contributed by atoms with Crippen LogP contribution in [0.3, 0.4) is 0 Å². The van der Waals surface area contributed by atoms with E-state index >= 15 is 0 Å². The number of aliphatic hydroxyl groups is 1. The van der Waals surface area contributed by atoms with E-state index in [1.807, 2.05) is 31.2 Å². The van der Waals surface area contributed by atoms with E-state index in [1.54, 1.807) is 29.2 Å². The van der Waals surface area contributed by atoms with Crippen molar-refractivity contribution in [3.8, 4) is 0 Å². The van der Waals surface area contributed by atoms with Crippen molar-refractivity contribution in [2.45, 2.75) is 35.4 Å². The van der Waals surface area contributed by atoms with Crippen molar-refractivity contribution in [2.24, 2.45) is 11.8 Å². The number of halogens is 1. The van der Waals surface area contributed by atoms with Gasteiger partial charge >= 0.3 is 5.97 Å². The molecule has 33 heavy (non-hydrogen) atoms. The number of nitrogens with zero attached hydrogens (tertiary/aromatic N) is 2. The minimum absolute atomic E-state index is 0.177. The maximum atomic E-state index is 14.2. The zero-order chi connectivity index (χ0) is 23.3. The highest BCUT2D eigenvalue weighted by molar-refractivity contribution is 8.02. The Balaban J connectivity index is 1.67. The molecule has 0 radical (unpaired) electrons. The van der Waals surface area contributed by atoms with E-state index in [-0.39, 0.29) is 30.3 Å². The maximum Gasteiger partial charge on any atom is 0.311 e. The molecule has 0 aliphatic carbocycles. The summed E-state index contributed by atoms with van der Waals surface area (Å²) in [6, 6.07) is 5.69. The number of aliphatic hydroxyl groups excluding tert-OH is 1. The Kier molecular flexibility index (Phi) is 5.79. The first kappa shape index (κ1) is 22.5. The molecule has 4 heterocycles. The minimum Gasteiger partial charge on any atom is -0.461 e. The van der Waals surface area contributed by atoms with Crippen LogP contribution in [0.4, 0.5) is 5.69 Å². The van der Waals surface area contributed by atoms with E-state index in [2.05, 4.69) is 0 Å². The van der Waals surface area contributed by atoms with Crippen LogP contribution >= 0.6 is 23.4 Å². The molecule has 0 saturated carbocycles. The predicted molar refractivity (Wildman–Crippen MR) is 126 cm³/mol. The normalized spacial score (nSPS) is 33.8. The van der Waals surface area contributed by atoms with Crippen LogP contribution in [0.1, 0.15) is 13.3 Å². The molecule has 5 rings (SSSR count). The fraction of sp³-hybridized carbons (Fsp3) is 0.458. The molecule has 6 atom stereocenters. The number of hydrogen-bond donors (Lipinski definition) is 1. The van der Waals surface area contributed by atoms with Gasteiger partial charge in [-0.25, -0.2) is 0 Å². The summed E-state index contributed by atoms with van der Waals surface area (Å²) in [6.07, 6.45) is 8.01. The van der Waals surface area contributed by atoms with Gasteiger partial charge in [-0.05, 0) is 18.6 Å². The average molecular weight is 489 g/mol. The molecule has 4 aliphatic rings. The Labute approximate surface area is 201 Å². The first-order chi connectivity index (χ1) is 15.9. The lowest BCUT2D eigenvalue weighted by Crippen LogP contribution is -2.56. The van der Waals surface area contributed by atoms with Crippen molar-refractivity contribution < 1.29 is 24.2 Å². The molecule has 2 fully saturated rings. The number of cyclic esters (lactones) is 1. The van der Waals surface area contributed by atoms with Gasteiger partial charge in [-0.1, -0.05) is 55.0 Å². The molecule has 7 nitrogen and oxygen atoms in total. The molecule has 1 unspecified atom stereocenters. The number of anilines is 1. The number of rotatable bonds is 4. The fourth-order valence-corrected chi connectivity index (χ4v) is 7.83. The second-order valence-corrected chi connectivity index (χ2v) is 10.6. The van der Waals surface area contributed by atoms with Gasteiger partial charge in [0, 0.05) is 11.8 Å². The second-order valence-electron chi connectivity index (χ2n) is 8.69. The molecule has 9 heteroatoms. The van der Waals surface area contributed by atoms with Crippen LogP contribution in [-0.4, -0.2) is 69.6 Å². The van der Waals surface area contributed by atoms with Gasteiger partial charge < -0.3 is 19.6 Å². The smallest absolute Gasteiger partial charge is 0.311 e. The summed E-state index contributed by atoms with van der Waals surface area (Å²) in [6.45, 7) is 2.07. The molecule has 1 aromatic carbocycles. The van der Waals surface area contributed by atoms with Gasteiger partial charge in [0.2, 0.25) is 5.91 Å². The van der Waals surface area contributed by atoms with Crippen LogP contribution in [0.15, 0.2) is 48.6 Å². The van der Waals surface area contributed by atoms with Crippen molar-refractivity contribution in [1.29, 1.82) is 0 Å². The van der Waals surface area contributed by atoms with Crippen LogP contribution in [-0.2, 0) is 19.1 Å². The largest absolute Gasteiger partial charge is 0.461 e. The number of fused-ring (bicyclic) bond motifs is 2. The van der Waals surface area contributed by atoms with Crippen molar-refractivity contribution in [1.82, 2.24) is 4.90 Å². The fourth-order valence-electron chi connectivity index (χ4n) is 5.60. The van der Waals surface area contributed by atoms with Gasteiger partial charge in [0.05, 0.1) is 39.9 Å². The first-order valence-electron chi connectivity index (χ1n) is 11.1. The van der Waals surface area contributed by atoms with E-state index in [9.17, 15) is 19.5 Å². The monoisotopic (exact) mass is 488 g/mol. The molecule has 2 saturated heterocycles. The lowest BCUT2D eigenvalue weighted by molar-refractivity contribution is -0.152. The molecule has 2 amide bonds. The van der Waals surface area contributed by atoms with Crippen LogP contribution in [0.2, 0.25) is 5.02 Å². The summed E-state index contributed by atoms with van der Waals surface area (Å²) in [7, 11) is 0. The number of ether oxygens (including phenoxy) is 1. The number of carbonyl (C=O) groups is 3. The van der Waals surface area contributed by atoms with Crippen LogP contribution in [0, 0.1) is 11.8 Å². The molecule has 4 aliphatic heterocycles. The molecule has 1 aromatic rings. The Morgan fingerprint density at radius 2 is 2.03 bits per heavy atom. The van der Waals surface area contributed by atoms with Crippen LogP contribution in [0.5, 0.6) is 0 Å². The van der Waals surface area contributed by atoms with E-state index in [0.29, 0.717) is 23.7 Å². The van der Waals surface area contributed by atoms with E-state index in [4.69, 9.17) is 16.3 Å². The summed E-state index contributed by atoms with van der Waals surface area (Å²) in [4.78, 5) is 44.1. The third-order valence-corrected chi connectivity index (χ3v) is 9.13. The van der Waals surface area contributed by atoms with Crippen molar-refractivity contribution in [2.75, 3.05) is 24.7 Å². The number of carbonyl (C=O) groups excluding carboxylic acids is 3. The highest BCUT2D eigenvalue weighted by Crippen LogP contribution is 2.61. The highest BCUT2D eigenvalue weighted by Gasteiger charge is 2.71. The van der Waals surface area contributed by atoms with E-state index in [0.717, 1.165) is 0 Å². The van der Waals surface area contributed by atoms with E-state index in [1.165, 1.54) is 16.7 Å². The van der Waals surface area contributed by atoms with Gasteiger partial charge in [-0.2, -0.15) is 0 Å². The van der Waals surface area contributed by atoms with Crippen molar-refractivity contribution >= 4 is 46.8 Å². The SMILES string of the molecule is CC[C@@H](CO)N1C(=O)[C@@H]2[C@@H]3C(=O)OCC=C[C@@H]3S[C@@]23C=CCN(c2ccccc2Cl)C(=O)C13. The second kappa shape index (κ2) is 8.49. The Hall–Kier alpha value is -2.29. The van der Waals surface area contributed by atoms with Crippen molar-refractivity contribution in [3.05, 3.63) is 53.6 Å². The quantitative estimate of drug-likeness (QED) is 0.517. The molecule has 0 aromatic heterocycles. The zero-order valence-corrected chi connectivity index (χ0v) is 19.7. The minimum atomic E-state index is -0.942. The Morgan fingerprint density at radius 3 is 2.76 bits per heavy atom. The van der Waals surface area contributed by atoms with Gasteiger partial charge in [0.1, 0.15) is 12.6 Å². The summed E-state index contributed by atoms with van der Waals surface area (Å²) >= 11 is 7.91. The van der Waals surface area contributed by atoms with Gasteiger partial charge in [0.15, 0.2) is 0 Å². The molecular weight excluding hydrogens is 464 g/mol. The van der Waals surface area contributed by atoms with Gasteiger partial charge in [0.25, 0.3) is 5.91 Å². The summed E-state index contributed by atoms with van der Waals surface area (Å²) in [5.74, 6) is -2.41. The number of hydrogen-bond acceptors (Lipinski definition) is 6. The maximum absolute atomic E-state index is 14.2. The van der Waals surface area contributed by atoms with Gasteiger partial charge in [-0.15, -0.1) is 11.8 Å². The topological polar surface area (TPSA) is 87.2 Å². The van der Waals surface area contributed by atoms with Crippen LogP contribution in [0.25, 0.3) is 0 Å². The molecule has 1 spiro atoms. The molecule has 174 valence electrons. The highest BCUT2D eigenvalue weighted by atomic mass is 35.5. The van der Waals surface area contributed by atoms with Gasteiger partial charge in [-0.3, -0.25) is 14.4 Å². The predicted octanol–water partition coefficient (Wildman–Crippen LogP) is 2.42. The zero-order valence-electron chi connectivity index (χ0n) is 18.1. The lowest BCUT2D eigenvalue weighted by Gasteiger charge is -2.38. The Bertz CT molecular complexity index is 1060. The molecule has 1 N–H and O–H groups in total. The number of para-hydroxylation sites is 1. The molecule has 0 bridgehead atoms. The summed E-state index contributed by atoms with van der Waals surface area (Å²) in [5.41, 5.74) is 0.565. The van der Waals surface area contributed by atoms with Crippen molar-refractivity contribution in [3.63, 3.8) is 0 Å². The Morgan fingerprint density at radius 1 is 1.24 bits per heavy atom. The molecular formula is C24H25ClN2O5S. The number of likely N-dealkylation sites (tertiary alicyclic amines) is 1. The standard InChI is InChI=1S/C24H25ClN2O5S/c1-2-14(13-28)27-20-22(30)26(16-8-4-3-7-15(16)25)11-6-10-24(20)19(21(27)29)18-17(33-24)9-5-12-32-23(18)31/h3-10,14,17-20,28H,2,11-13H2,1H3/t14-,17-,18+,19-,20?,24-/m0/s1. The summed E-state index contributed by atoms with van der Waals surface area (Å²) < 4.78 is 4.42. The number of thioether (sulfide) groups is 1.